The van der Waals surface area contributed by atoms with Crippen LogP contribution >= 0.6 is 0 Å². The van der Waals surface area contributed by atoms with Crippen LogP contribution in [-0.2, 0) is 21.7 Å². The van der Waals surface area contributed by atoms with Gasteiger partial charge in [-0.25, -0.2) is 4.79 Å². The number of rotatable bonds is 4. The van der Waals surface area contributed by atoms with E-state index in [4.69, 9.17) is 14.6 Å². The Morgan fingerprint density at radius 2 is 2.00 bits per heavy atom. The van der Waals surface area contributed by atoms with Gasteiger partial charge in [0.25, 0.3) is 0 Å². The van der Waals surface area contributed by atoms with E-state index in [2.05, 4.69) is 31.2 Å². The molecule has 3 heterocycles. The van der Waals surface area contributed by atoms with Gasteiger partial charge in [-0.05, 0) is 32.4 Å². The van der Waals surface area contributed by atoms with Crippen molar-refractivity contribution in [3.05, 3.63) is 83.9 Å². The lowest BCUT2D eigenvalue weighted by Gasteiger charge is -2.45. The normalized spacial score (nSPS) is 19.8. The Hall–Kier alpha value is -3.28. The van der Waals surface area contributed by atoms with Crippen LogP contribution in [0.1, 0.15) is 56.5 Å². The summed E-state index contributed by atoms with van der Waals surface area (Å²) in [7, 11) is 0. The number of benzene rings is 1. The summed E-state index contributed by atoms with van der Waals surface area (Å²) in [4.78, 5) is 14.4. The molecule has 32 heavy (non-hydrogen) atoms. The minimum absolute atomic E-state index is 0.224. The summed E-state index contributed by atoms with van der Waals surface area (Å²) >= 11 is 0. The third-order valence-electron chi connectivity index (χ3n) is 6.19. The maximum absolute atomic E-state index is 12.7. The maximum Gasteiger partial charge on any atom is 0.410 e. The second kappa shape index (κ2) is 9.07. The van der Waals surface area contributed by atoms with Crippen LogP contribution in [-0.4, -0.2) is 33.9 Å². The number of piperidine rings is 1. The molecule has 0 atom stereocenters. The lowest BCUT2D eigenvalue weighted by atomic mass is 9.80. The molecule has 6 heteroatoms. The van der Waals surface area contributed by atoms with Crippen LogP contribution in [0.5, 0.6) is 0 Å². The van der Waals surface area contributed by atoms with E-state index >= 15 is 0 Å². The zero-order valence-corrected chi connectivity index (χ0v) is 19.1. The molecular formula is C26H31N3O3. The first-order valence-electron chi connectivity index (χ1n) is 11.2. The Morgan fingerprint density at radius 1 is 1.28 bits per heavy atom. The van der Waals surface area contributed by atoms with Gasteiger partial charge in [0.2, 0.25) is 0 Å². The van der Waals surface area contributed by atoms with Gasteiger partial charge in [-0.15, -0.1) is 0 Å². The van der Waals surface area contributed by atoms with Crippen LogP contribution in [0.25, 0.3) is 5.57 Å². The molecule has 4 rings (SSSR count). The highest BCUT2D eigenvalue weighted by Gasteiger charge is 2.47. The minimum Gasteiger partial charge on any atom is -0.482 e. The molecule has 2 aliphatic heterocycles. The molecule has 1 aromatic carbocycles. The Labute approximate surface area is 189 Å². The summed E-state index contributed by atoms with van der Waals surface area (Å²) in [6, 6.07) is 9.96. The molecule has 0 unspecified atom stereocenters. The summed E-state index contributed by atoms with van der Waals surface area (Å²) in [5.41, 5.74) is 3.69. The number of hydrogen-bond acceptors (Lipinski definition) is 4. The molecule has 0 saturated carbocycles. The number of likely N-dealkylation sites (tertiary alicyclic amines) is 1. The lowest BCUT2D eigenvalue weighted by Crippen LogP contribution is -2.48. The van der Waals surface area contributed by atoms with Crippen LogP contribution in [0, 0.1) is 0 Å². The average Bonchev–Trinajstić information content (AvgIpc) is 3.26. The fraction of sp³-hybridized carbons (Fsp3) is 0.385. The van der Waals surface area contributed by atoms with Gasteiger partial charge in [0, 0.05) is 43.1 Å². The summed E-state index contributed by atoms with van der Waals surface area (Å²) in [6.07, 6.45) is 8.74. The average molecular weight is 434 g/mol. The lowest BCUT2D eigenvalue weighted by molar-refractivity contribution is -0.0497. The van der Waals surface area contributed by atoms with E-state index in [0.29, 0.717) is 25.9 Å². The van der Waals surface area contributed by atoms with E-state index in [-0.39, 0.29) is 18.7 Å². The molecule has 1 amide bonds. The quantitative estimate of drug-likeness (QED) is 0.630. The van der Waals surface area contributed by atoms with Gasteiger partial charge in [0.05, 0.1) is 11.9 Å². The first-order valence-corrected chi connectivity index (χ1v) is 11.2. The number of amides is 1. The minimum atomic E-state index is -0.514. The van der Waals surface area contributed by atoms with Crippen LogP contribution < -0.4 is 0 Å². The van der Waals surface area contributed by atoms with E-state index in [1.807, 2.05) is 49.5 Å². The zero-order chi connectivity index (χ0) is 22.7. The molecule has 0 radical (unpaired) electrons. The Balaban J connectivity index is 1.55. The van der Waals surface area contributed by atoms with E-state index in [0.717, 1.165) is 28.2 Å². The number of aromatic nitrogens is 2. The molecule has 2 aliphatic rings. The van der Waals surface area contributed by atoms with Gasteiger partial charge in [0.1, 0.15) is 18.0 Å². The number of allylic oxidation sites excluding steroid dienone is 4. The van der Waals surface area contributed by atoms with Crippen molar-refractivity contribution in [2.24, 2.45) is 0 Å². The molecule has 1 aromatic heterocycles. The van der Waals surface area contributed by atoms with Gasteiger partial charge in [-0.3, -0.25) is 4.68 Å². The highest BCUT2D eigenvalue weighted by molar-refractivity contribution is 5.80. The van der Waals surface area contributed by atoms with Gasteiger partial charge in [-0.1, -0.05) is 49.1 Å². The van der Waals surface area contributed by atoms with Crippen molar-refractivity contribution in [1.82, 2.24) is 14.7 Å². The predicted octanol–water partition coefficient (Wildman–Crippen LogP) is 5.60. The molecule has 168 valence electrons. The first-order chi connectivity index (χ1) is 15.5. The summed E-state index contributed by atoms with van der Waals surface area (Å²) in [6.45, 7) is 11.5. The van der Waals surface area contributed by atoms with Crippen molar-refractivity contribution in [2.75, 3.05) is 13.1 Å². The smallest absolute Gasteiger partial charge is 0.410 e. The molecule has 1 spiro atoms. The maximum atomic E-state index is 12.7. The van der Waals surface area contributed by atoms with Crippen molar-refractivity contribution >= 4 is 11.7 Å². The van der Waals surface area contributed by atoms with Crippen molar-refractivity contribution in [2.45, 2.75) is 51.9 Å². The molecule has 0 aliphatic carbocycles. The molecule has 1 saturated heterocycles. The molecular weight excluding hydrogens is 402 g/mol. The molecule has 0 N–H and O–H groups in total. The zero-order valence-electron chi connectivity index (χ0n) is 19.1. The van der Waals surface area contributed by atoms with Gasteiger partial charge in [0.15, 0.2) is 0 Å². The van der Waals surface area contributed by atoms with Crippen LogP contribution in [0.4, 0.5) is 4.79 Å². The highest BCUT2D eigenvalue weighted by Crippen LogP contribution is 2.49. The second-order valence-electron chi connectivity index (χ2n) is 8.54. The highest BCUT2D eigenvalue weighted by atomic mass is 16.6. The third kappa shape index (κ3) is 3.97. The fourth-order valence-electron chi connectivity index (χ4n) is 4.54. The largest absolute Gasteiger partial charge is 0.482 e. The monoisotopic (exact) mass is 433 g/mol. The van der Waals surface area contributed by atoms with Crippen molar-refractivity contribution in [3.8, 4) is 0 Å². The fourth-order valence-corrected chi connectivity index (χ4v) is 4.54. The van der Waals surface area contributed by atoms with E-state index in [1.165, 1.54) is 0 Å². The summed E-state index contributed by atoms with van der Waals surface area (Å²) < 4.78 is 14.2. The van der Waals surface area contributed by atoms with Crippen molar-refractivity contribution in [3.63, 3.8) is 0 Å². The number of ether oxygens (including phenoxy) is 2. The summed E-state index contributed by atoms with van der Waals surface area (Å²) in [5, 5.41) is 4.69. The van der Waals surface area contributed by atoms with Gasteiger partial charge < -0.3 is 14.4 Å². The number of carbonyl (C=O) groups is 1. The topological polar surface area (TPSA) is 56.6 Å². The van der Waals surface area contributed by atoms with Crippen molar-refractivity contribution < 1.29 is 14.3 Å². The molecule has 1 fully saturated rings. The standard InChI is InChI=1S/C26H31N3O3/c1-5-10-23-21(6-2)24-22(17-27-29(24)19(3)4)26(32-23)13-15-28(16-14-26)25(30)31-18-20-11-8-7-9-12-20/h5-12,17,19H,1,13-16,18H2,2-4H3/b21-6+,23-10+. The summed E-state index contributed by atoms with van der Waals surface area (Å²) in [5.74, 6) is 0.803. The molecule has 6 nitrogen and oxygen atoms in total. The second-order valence-corrected chi connectivity index (χ2v) is 8.54. The SMILES string of the molecule is C=C/C=C1/OC2(CCN(C(=O)OCc3ccccc3)CC2)c2cnn(C(C)C)c2/C1=C/C. The van der Waals surface area contributed by atoms with E-state index in [9.17, 15) is 4.79 Å². The third-order valence-corrected chi connectivity index (χ3v) is 6.19. The molecule has 2 aromatic rings. The predicted molar refractivity (Wildman–Crippen MR) is 125 cm³/mol. The van der Waals surface area contributed by atoms with Crippen LogP contribution in [0.2, 0.25) is 0 Å². The van der Waals surface area contributed by atoms with Crippen LogP contribution in [0.15, 0.2) is 67.1 Å². The Bertz CT molecular complexity index is 1040. The van der Waals surface area contributed by atoms with Crippen molar-refractivity contribution in [1.29, 1.82) is 0 Å². The molecule has 0 bridgehead atoms. The number of hydrogen-bond donors (Lipinski definition) is 0. The first kappa shape index (κ1) is 21.9. The van der Waals surface area contributed by atoms with E-state index < -0.39 is 5.60 Å². The van der Waals surface area contributed by atoms with Gasteiger partial charge in [-0.2, -0.15) is 5.10 Å². The van der Waals surface area contributed by atoms with E-state index in [1.54, 1.807) is 11.0 Å². The number of carbonyl (C=O) groups excluding carboxylic acids is 1. The van der Waals surface area contributed by atoms with Gasteiger partial charge >= 0.3 is 6.09 Å². The Morgan fingerprint density at radius 3 is 2.62 bits per heavy atom. The number of fused-ring (bicyclic) bond motifs is 2. The Kier molecular flexibility index (Phi) is 6.21. The number of nitrogens with zero attached hydrogens (tertiary/aromatic N) is 3. The van der Waals surface area contributed by atoms with Crippen LogP contribution in [0.3, 0.4) is 0 Å².